The van der Waals surface area contributed by atoms with Crippen molar-refractivity contribution in [2.45, 2.75) is 194 Å². The van der Waals surface area contributed by atoms with Crippen molar-refractivity contribution in [2.24, 2.45) is 0 Å². The van der Waals surface area contributed by atoms with Gasteiger partial charge >= 0.3 is 0 Å². The van der Waals surface area contributed by atoms with E-state index < -0.39 is 0 Å². The molecular formula is C54H72O3. The molecule has 0 atom stereocenters. The van der Waals surface area contributed by atoms with Gasteiger partial charge in [-0.1, -0.05) is 99.3 Å². The summed E-state index contributed by atoms with van der Waals surface area (Å²) in [6.45, 7) is 20.8. The summed E-state index contributed by atoms with van der Waals surface area (Å²) in [5.41, 5.74) is 18.5. The van der Waals surface area contributed by atoms with Gasteiger partial charge in [0, 0.05) is 0 Å². The van der Waals surface area contributed by atoms with Crippen LogP contribution >= 0.6 is 0 Å². The van der Waals surface area contributed by atoms with E-state index in [-0.39, 0.29) is 17.8 Å². The molecule has 3 saturated carbocycles. The molecular weight excluding hydrogens is 697 g/mol. The summed E-state index contributed by atoms with van der Waals surface area (Å²) in [4.78, 5) is 0. The van der Waals surface area contributed by atoms with Crippen molar-refractivity contribution in [3.63, 3.8) is 0 Å². The molecule has 306 valence electrons. The fourth-order valence-corrected chi connectivity index (χ4v) is 11.6. The van der Waals surface area contributed by atoms with Gasteiger partial charge in [0.1, 0.15) is 17.2 Å². The smallest absolute Gasteiger partial charge is 0.119 e. The predicted octanol–water partition coefficient (Wildman–Crippen LogP) is 16.2. The van der Waals surface area contributed by atoms with Gasteiger partial charge in [-0.25, -0.2) is 0 Å². The second-order valence-corrected chi connectivity index (χ2v) is 19.5. The second-order valence-electron chi connectivity index (χ2n) is 19.5. The zero-order valence-electron chi connectivity index (χ0n) is 36.9. The van der Waals surface area contributed by atoms with Gasteiger partial charge in [-0.3, -0.25) is 0 Å². The molecule has 4 aromatic rings. The summed E-state index contributed by atoms with van der Waals surface area (Å²) in [5, 5.41) is 34.9. The van der Waals surface area contributed by atoms with E-state index in [4.69, 9.17) is 0 Å². The van der Waals surface area contributed by atoms with E-state index in [9.17, 15) is 15.3 Å². The lowest BCUT2D eigenvalue weighted by atomic mass is 9.69. The number of aromatic hydroxyl groups is 3. The summed E-state index contributed by atoms with van der Waals surface area (Å²) in [6.07, 6.45) is 17.9. The van der Waals surface area contributed by atoms with Crippen LogP contribution < -0.4 is 0 Å². The van der Waals surface area contributed by atoms with Crippen LogP contribution in [0.2, 0.25) is 0 Å². The van der Waals surface area contributed by atoms with Crippen LogP contribution in [0.25, 0.3) is 33.4 Å². The van der Waals surface area contributed by atoms with Crippen LogP contribution in [0.1, 0.15) is 223 Å². The molecule has 3 fully saturated rings. The number of hydrogen-bond acceptors (Lipinski definition) is 3. The molecule has 57 heavy (non-hydrogen) atoms. The molecule has 4 aromatic carbocycles. The van der Waals surface area contributed by atoms with Crippen molar-refractivity contribution in [1.82, 2.24) is 0 Å². The maximum atomic E-state index is 11.6. The minimum Gasteiger partial charge on any atom is -0.508 e. The average Bonchev–Trinajstić information content (AvgIpc) is 3.18. The van der Waals surface area contributed by atoms with Crippen LogP contribution in [0.4, 0.5) is 0 Å². The maximum absolute atomic E-state index is 11.6. The van der Waals surface area contributed by atoms with Crippen molar-refractivity contribution in [3.05, 3.63) is 86.5 Å². The molecule has 3 nitrogen and oxygen atoms in total. The maximum Gasteiger partial charge on any atom is 0.119 e. The van der Waals surface area contributed by atoms with Gasteiger partial charge in [0.05, 0.1) is 0 Å². The second kappa shape index (κ2) is 17.2. The Labute approximate surface area is 345 Å². The fraction of sp³-hybridized carbons (Fsp3) is 0.556. The Kier molecular flexibility index (Phi) is 12.5. The predicted molar refractivity (Wildman–Crippen MR) is 242 cm³/mol. The molecule has 0 spiro atoms. The summed E-state index contributed by atoms with van der Waals surface area (Å²) in [6, 6.07) is 13.4. The molecule has 7 rings (SSSR count). The Bertz CT molecular complexity index is 1820. The highest BCUT2D eigenvalue weighted by Crippen LogP contribution is 2.56. The van der Waals surface area contributed by atoms with Crippen molar-refractivity contribution < 1.29 is 15.3 Å². The molecule has 0 unspecified atom stereocenters. The first-order valence-corrected chi connectivity index (χ1v) is 23.0. The van der Waals surface area contributed by atoms with E-state index in [1.54, 1.807) is 0 Å². The lowest BCUT2D eigenvalue weighted by Crippen LogP contribution is -2.14. The molecule has 3 heteroatoms. The molecule has 3 aliphatic carbocycles. The SMILES string of the molecule is Cc1cc(O)c(C2CCCCC2)cc1-c1c(C(C)C)c(-c2cc(C3CCCCC3)c(O)cc2C)c(C(C)C)c(-c2cc(C3CCCCC3)c(O)cc2C)c1C(C)C. The summed E-state index contributed by atoms with van der Waals surface area (Å²) in [5.74, 6) is 3.04. The van der Waals surface area contributed by atoms with Gasteiger partial charge in [0.2, 0.25) is 0 Å². The van der Waals surface area contributed by atoms with Crippen molar-refractivity contribution in [3.8, 4) is 50.6 Å². The Morgan fingerprint density at radius 2 is 0.596 bits per heavy atom. The number of phenolic OH excluding ortho intramolecular Hbond substituents is 3. The van der Waals surface area contributed by atoms with Crippen molar-refractivity contribution >= 4 is 0 Å². The van der Waals surface area contributed by atoms with Gasteiger partial charge in [0.25, 0.3) is 0 Å². The Morgan fingerprint density at radius 3 is 0.807 bits per heavy atom. The fourth-order valence-electron chi connectivity index (χ4n) is 11.6. The number of phenols is 3. The van der Waals surface area contributed by atoms with Crippen LogP contribution in [0.15, 0.2) is 36.4 Å². The minimum atomic E-state index is 0.204. The lowest BCUT2D eigenvalue weighted by molar-refractivity contribution is 0.414. The van der Waals surface area contributed by atoms with E-state index in [1.807, 2.05) is 0 Å². The zero-order valence-corrected chi connectivity index (χ0v) is 36.9. The Balaban J connectivity index is 1.66. The highest BCUT2D eigenvalue weighted by Gasteiger charge is 2.34. The Hall–Kier alpha value is -3.72. The molecule has 0 bridgehead atoms. The van der Waals surface area contributed by atoms with Gasteiger partial charge in [0.15, 0.2) is 0 Å². The molecule has 3 aliphatic rings. The topological polar surface area (TPSA) is 60.7 Å². The van der Waals surface area contributed by atoms with E-state index in [1.165, 1.54) is 108 Å². The van der Waals surface area contributed by atoms with Crippen LogP contribution in [0.3, 0.4) is 0 Å². The Morgan fingerprint density at radius 1 is 0.368 bits per heavy atom. The minimum absolute atomic E-state index is 0.204. The third-order valence-electron chi connectivity index (χ3n) is 14.4. The normalized spacial score (nSPS) is 17.7. The number of hydrogen-bond donors (Lipinski definition) is 3. The standard InChI is InChI=1S/C54H72O3/c1-31(2)49-52(40-28-43(46(55)25-34(40)7)37-19-13-10-14-20-37)50(32(3)4)54(42-30-45(48(57)27-36(42)9)39-23-17-12-18-24-39)51(33(5)6)53(49)41-29-44(47(56)26-35(41)8)38-21-15-11-16-22-38/h25-33,37-39,55-57H,10-24H2,1-9H3. The van der Waals surface area contributed by atoms with Crippen molar-refractivity contribution in [2.75, 3.05) is 0 Å². The van der Waals surface area contributed by atoms with Crippen LogP contribution in [-0.4, -0.2) is 15.3 Å². The molecule has 0 aromatic heterocycles. The van der Waals surface area contributed by atoms with E-state index in [0.29, 0.717) is 35.0 Å². The lowest BCUT2D eigenvalue weighted by Gasteiger charge is -2.35. The first-order chi connectivity index (χ1) is 27.3. The molecule has 0 aliphatic heterocycles. The van der Waals surface area contributed by atoms with E-state index in [2.05, 4.69) is 98.7 Å². The highest BCUT2D eigenvalue weighted by atomic mass is 16.3. The van der Waals surface area contributed by atoms with Crippen LogP contribution in [0.5, 0.6) is 17.2 Å². The van der Waals surface area contributed by atoms with Gasteiger partial charge in [-0.2, -0.15) is 0 Å². The summed E-state index contributed by atoms with van der Waals surface area (Å²) >= 11 is 0. The monoisotopic (exact) mass is 769 g/mol. The summed E-state index contributed by atoms with van der Waals surface area (Å²) in [7, 11) is 0. The molecule has 3 N–H and O–H groups in total. The third kappa shape index (κ3) is 8.03. The van der Waals surface area contributed by atoms with Gasteiger partial charge in [-0.05, 0) is 215 Å². The van der Waals surface area contributed by atoms with Gasteiger partial charge in [-0.15, -0.1) is 0 Å². The first-order valence-electron chi connectivity index (χ1n) is 23.0. The van der Waals surface area contributed by atoms with Crippen molar-refractivity contribution in [1.29, 1.82) is 0 Å². The first kappa shape index (κ1) is 41.4. The number of rotatable bonds is 9. The van der Waals surface area contributed by atoms with Crippen LogP contribution in [-0.2, 0) is 0 Å². The van der Waals surface area contributed by atoms with Crippen LogP contribution in [0, 0.1) is 20.8 Å². The quantitative estimate of drug-likeness (QED) is 0.159. The molecule has 0 amide bonds. The highest BCUT2D eigenvalue weighted by molar-refractivity contribution is 5.96. The zero-order chi connectivity index (χ0) is 40.7. The number of benzene rings is 4. The molecule has 0 heterocycles. The summed E-state index contributed by atoms with van der Waals surface area (Å²) < 4.78 is 0. The average molecular weight is 769 g/mol. The van der Waals surface area contributed by atoms with E-state index >= 15 is 0 Å². The molecule has 0 saturated heterocycles. The largest absolute Gasteiger partial charge is 0.508 e. The third-order valence-corrected chi connectivity index (χ3v) is 14.4. The number of aryl methyl sites for hydroxylation is 3. The van der Waals surface area contributed by atoms with E-state index in [0.717, 1.165) is 71.9 Å². The van der Waals surface area contributed by atoms with Gasteiger partial charge < -0.3 is 15.3 Å². The molecule has 0 radical (unpaired) electrons.